The molecule has 0 N–H and O–H groups in total. The van der Waals surface area contributed by atoms with Gasteiger partial charge in [-0.15, -0.1) is 0 Å². The molecule has 5 rings (SSSR count). The molecule has 25 heavy (non-hydrogen) atoms. The number of piperidine rings is 3. The van der Waals surface area contributed by atoms with Gasteiger partial charge in [0.1, 0.15) is 16.7 Å². The monoisotopic (exact) mass is 377 g/mol. The first kappa shape index (κ1) is 17.0. The highest BCUT2D eigenvalue weighted by molar-refractivity contribution is 7.99. The third-order valence-electron chi connectivity index (χ3n) is 4.87. The predicted molar refractivity (Wildman–Crippen MR) is 95.8 cm³/mol. The molecule has 3 nitrogen and oxygen atoms in total. The lowest BCUT2D eigenvalue weighted by Gasteiger charge is -2.44. The third kappa shape index (κ3) is 3.86. The van der Waals surface area contributed by atoms with E-state index in [0.717, 1.165) is 29.2 Å². The second kappa shape index (κ2) is 7.40. The molecular weight excluding hydrogens is 360 g/mol. The maximum Gasteiger partial charge on any atom is 0.134 e. The average molecular weight is 377 g/mol. The van der Waals surface area contributed by atoms with Gasteiger partial charge in [0.15, 0.2) is 0 Å². The van der Waals surface area contributed by atoms with Crippen LogP contribution in [0.2, 0.25) is 0 Å². The van der Waals surface area contributed by atoms with Crippen molar-refractivity contribution in [3.05, 3.63) is 41.1 Å². The number of hydrogen-bond donors (Lipinski definition) is 0. The summed E-state index contributed by atoms with van der Waals surface area (Å²) in [5.41, 5.74) is 1.47. The van der Waals surface area contributed by atoms with Crippen molar-refractivity contribution < 1.29 is 8.78 Å². The summed E-state index contributed by atoms with van der Waals surface area (Å²) in [6.45, 7) is 3.49. The normalized spacial score (nSPS) is 24.8. The van der Waals surface area contributed by atoms with Crippen LogP contribution < -0.4 is 0 Å². The van der Waals surface area contributed by atoms with Gasteiger partial charge in [-0.05, 0) is 44.0 Å². The molecule has 0 radical (unpaired) electrons. The number of halogens is 2. The van der Waals surface area contributed by atoms with Crippen molar-refractivity contribution in [3.8, 4) is 11.8 Å². The highest BCUT2D eigenvalue weighted by Gasteiger charge is 2.37. The molecule has 3 aliphatic rings. The number of rotatable bonds is 3. The zero-order valence-electron chi connectivity index (χ0n) is 13.5. The minimum atomic E-state index is -0.606. The molecule has 4 heterocycles. The van der Waals surface area contributed by atoms with Crippen LogP contribution in [0.1, 0.15) is 30.0 Å². The molecule has 3 fully saturated rings. The second-order valence-corrected chi connectivity index (χ2v) is 7.94. The number of benzene rings is 1. The summed E-state index contributed by atoms with van der Waals surface area (Å²) in [6, 6.07) is 3.33. The molecule has 0 spiro atoms. The van der Waals surface area contributed by atoms with Crippen molar-refractivity contribution in [1.29, 1.82) is 0 Å². The van der Waals surface area contributed by atoms with E-state index in [4.69, 9.17) is 0 Å². The Labute approximate surface area is 154 Å². The summed E-state index contributed by atoms with van der Waals surface area (Å²) in [5.74, 6) is 6.29. The molecule has 7 heteroatoms. The van der Waals surface area contributed by atoms with Gasteiger partial charge in [0, 0.05) is 24.1 Å². The molecule has 2 bridgehead atoms. The van der Waals surface area contributed by atoms with E-state index >= 15 is 0 Å². The van der Waals surface area contributed by atoms with Crippen LogP contribution in [0.15, 0.2) is 23.2 Å². The molecule has 1 aromatic carbocycles. The molecule has 0 saturated carbocycles. The van der Waals surface area contributed by atoms with Crippen LogP contribution in [-0.4, -0.2) is 39.0 Å². The van der Waals surface area contributed by atoms with Gasteiger partial charge in [-0.25, -0.2) is 8.78 Å². The van der Waals surface area contributed by atoms with Gasteiger partial charge in [-0.1, -0.05) is 23.6 Å². The first-order chi connectivity index (χ1) is 12.2. The van der Waals surface area contributed by atoms with Crippen LogP contribution in [0.3, 0.4) is 0 Å². The Balaban J connectivity index is 1.41. The zero-order valence-corrected chi connectivity index (χ0v) is 15.2. The van der Waals surface area contributed by atoms with Crippen molar-refractivity contribution in [1.82, 2.24) is 13.6 Å². The quantitative estimate of drug-likeness (QED) is 0.601. The standard InChI is InChI=1S/C18H17F2N3S2/c19-14-8-12(9-15(20)10-14)2-1-7-24-18-17(21-25-22-18)16-11-23-5-3-13(16)4-6-23/h8-10,13,16H,3-7,11H2. The van der Waals surface area contributed by atoms with Gasteiger partial charge in [0.05, 0.1) is 23.2 Å². The lowest BCUT2D eigenvalue weighted by molar-refractivity contribution is 0.0846. The van der Waals surface area contributed by atoms with Gasteiger partial charge in [0.2, 0.25) is 0 Å². The lowest BCUT2D eigenvalue weighted by Crippen LogP contribution is -2.46. The maximum absolute atomic E-state index is 13.2. The summed E-state index contributed by atoms with van der Waals surface area (Å²) in [4.78, 5) is 2.51. The fraction of sp³-hybridized carbons (Fsp3) is 0.444. The zero-order chi connectivity index (χ0) is 17.2. The number of hydrogen-bond acceptors (Lipinski definition) is 5. The fourth-order valence-corrected chi connectivity index (χ4v) is 5.17. The van der Waals surface area contributed by atoms with Gasteiger partial charge in [-0.3, -0.25) is 0 Å². The van der Waals surface area contributed by atoms with Gasteiger partial charge in [-0.2, -0.15) is 8.75 Å². The molecule has 1 aromatic heterocycles. The van der Waals surface area contributed by atoms with Crippen LogP contribution in [0, 0.1) is 29.4 Å². The van der Waals surface area contributed by atoms with Crippen LogP contribution in [-0.2, 0) is 0 Å². The average Bonchev–Trinajstić information content (AvgIpc) is 3.07. The minimum Gasteiger partial charge on any atom is -0.303 e. The SMILES string of the molecule is Fc1cc(F)cc(C#CCSc2nsnc2C2CN3CCC2CC3)c1. The Kier molecular flexibility index (Phi) is 5.02. The van der Waals surface area contributed by atoms with E-state index in [0.29, 0.717) is 17.2 Å². The Morgan fingerprint density at radius 1 is 1.16 bits per heavy atom. The molecule has 1 unspecified atom stereocenters. The van der Waals surface area contributed by atoms with Crippen molar-refractivity contribution in [2.45, 2.75) is 23.8 Å². The van der Waals surface area contributed by atoms with E-state index in [1.54, 1.807) is 11.8 Å². The Morgan fingerprint density at radius 3 is 2.60 bits per heavy atom. The molecule has 2 aromatic rings. The molecule has 3 saturated heterocycles. The van der Waals surface area contributed by atoms with E-state index < -0.39 is 11.6 Å². The summed E-state index contributed by atoms with van der Waals surface area (Å²) < 4.78 is 35.3. The van der Waals surface area contributed by atoms with Gasteiger partial charge >= 0.3 is 0 Å². The number of nitrogens with zero attached hydrogens (tertiary/aromatic N) is 3. The topological polar surface area (TPSA) is 29.0 Å². The summed E-state index contributed by atoms with van der Waals surface area (Å²) >= 11 is 2.82. The van der Waals surface area contributed by atoms with Gasteiger partial charge in [0.25, 0.3) is 0 Å². The predicted octanol–water partition coefficient (Wildman–Crippen LogP) is 3.77. The van der Waals surface area contributed by atoms with E-state index in [1.807, 2.05) is 0 Å². The number of fused-ring (bicyclic) bond motifs is 3. The van der Waals surface area contributed by atoms with Crippen molar-refractivity contribution in [3.63, 3.8) is 0 Å². The first-order valence-electron chi connectivity index (χ1n) is 8.31. The van der Waals surface area contributed by atoms with Crippen molar-refractivity contribution >= 4 is 23.5 Å². The highest BCUT2D eigenvalue weighted by Crippen LogP contribution is 2.41. The summed E-state index contributed by atoms with van der Waals surface area (Å²) in [5, 5.41) is 0.962. The third-order valence-corrected chi connectivity index (χ3v) is 6.39. The van der Waals surface area contributed by atoms with E-state index in [1.165, 1.54) is 49.8 Å². The molecular formula is C18H17F2N3S2. The molecule has 130 valence electrons. The van der Waals surface area contributed by atoms with Gasteiger partial charge < -0.3 is 4.90 Å². The van der Waals surface area contributed by atoms with E-state index in [-0.39, 0.29) is 0 Å². The fourth-order valence-electron chi connectivity index (χ4n) is 3.66. The highest BCUT2D eigenvalue weighted by atomic mass is 32.2. The molecule has 1 atom stereocenters. The van der Waals surface area contributed by atoms with Crippen LogP contribution in [0.5, 0.6) is 0 Å². The molecule has 0 aliphatic carbocycles. The number of aromatic nitrogens is 2. The largest absolute Gasteiger partial charge is 0.303 e. The first-order valence-corrected chi connectivity index (χ1v) is 10.0. The molecule has 0 amide bonds. The van der Waals surface area contributed by atoms with Crippen LogP contribution in [0.4, 0.5) is 8.78 Å². The summed E-state index contributed by atoms with van der Waals surface area (Å²) in [7, 11) is 0. The maximum atomic E-state index is 13.2. The minimum absolute atomic E-state index is 0.354. The van der Waals surface area contributed by atoms with Crippen molar-refractivity contribution in [2.24, 2.45) is 5.92 Å². The smallest absolute Gasteiger partial charge is 0.134 e. The lowest BCUT2D eigenvalue weighted by atomic mass is 9.78. The van der Waals surface area contributed by atoms with Crippen molar-refractivity contribution in [2.75, 3.05) is 25.4 Å². The Hall–Kier alpha value is -1.49. The van der Waals surface area contributed by atoms with E-state index in [2.05, 4.69) is 25.5 Å². The van der Waals surface area contributed by atoms with Crippen LogP contribution in [0.25, 0.3) is 0 Å². The number of thioether (sulfide) groups is 1. The Morgan fingerprint density at radius 2 is 1.92 bits per heavy atom. The van der Waals surface area contributed by atoms with Crippen LogP contribution >= 0.6 is 23.5 Å². The van der Waals surface area contributed by atoms with E-state index in [9.17, 15) is 8.78 Å². The molecule has 3 aliphatic heterocycles. The second-order valence-electron chi connectivity index (χ2n) is 6.45. The summed E-state index contributed by atoms with van der Waals surface area (Å²) in [6.07, 6.45) is 2.49. The Bertz CT molecular complexity index is 799.